The van der Waals surface area contributed by atoms with Gasteiger partial charge >= 0.3 is 12.2 Å². The monoisotopic (exact) mass is 259 g/mol. The summed E-state index contributed by atoms with van der Waals surface area (Å²) in [6.07, 6.45) is 1.06. The van der Waals surface area contributed by atoms with Gasteiger partial charge in [0.15, 0.2) is 0 Å². The van der Waals surface area contributed by atoms with Gasteiger partial charge in [0, 0.05) is 19.5 Å². The Bertz CT molecular complexity index is 282. The molecule has 0 aromatic rings. The largest absolute Gasteiger partial charge is 0.508 e. The molecule has 0 aliphatic carbocycles. The van der Waals surface area contributed by atoms with Gasteiger partial charge in [-0.1, -0.05) is 0 Å². The number of carbonyl (C=O) groups is 2. The van der Waals surface area contributed by atoms with Crippen molar-refractivity contribution < 1.29 is 23.8 Å². The molecule has 1 heterocycles. The van der Waals surface area contributed by atoms with E-state index in [0.717, 1.165) is 12.8 Å². The molecule has 0 aromatic carbocycles. The lowest BCUT2D eigenvalue weighted by Crippen LogP contribution is -2.33. The predicted molar refractivity (Wildman–Crippen MR) is 64.3 cm³/mol. The van der Waals surface area contributed by atoms with Crippen molar-refractivity contribution >= 4 is 12.2 Å². The number of rotatable bonds is 3. The Morgan fingerprint density at radius 3 is 2.50 bits per heavy atom. The lowest BCUT2D eigenvalue weighted by molar-refractivity contribution is 0.0216. The quantitative estimate of drug-likeness (QED) is 0.727. The zero-order valence-electron chi connectivity index (χ0n) is 11.0. The summed E-state index contributed by atoms with van der Waals surface area (Å²) in [6.45, 7) is 5.38. The molecular formula is C12H21NO5. The van der Waals surface area contributed by atoms with E-state index in [0.29, 0.717) is 32.7 Å². The van der Waals surface area contributed by atoms with Crippen LogP contribution in [0.3, 0.4) is 0 Å². The van der Waals surface area contributed by atoms with E-state index < -0.39 is 6.16 Å². The number of carbonyl (C=O) groups excluding carboxylic acids is 2. The average molecular weight is 259 g/mol. The fourth-order valence-electron chi connectivity index (χ4n) is 1.87. The molecule has 1 unspecified atom stereocenters. The van der Waals surface area contributed by atoms with Crippen molar-refractivity contribution in [1.29, 1.82) is 0 Å². The number of nitrogens with zero attached hydrogens (tertiary/aromatic N) is 1. The lowest BCUT2D eigenvalue weighted by atomic mass is 10.2. The number of amides is 1. The highest BCUT2D eigenvalue weighted by atomic mass is 16.7. The summed E-state index contributed by atoms with van der Waals surface area (Å²) in [6, 6.07) is 0. The molecule has 0 aromatic heterocycles. The molecule has 1 aliphatic rings. The van der Waals surface area contributed by atoms with Gasteiger partial charge in [-0.2, -0.15) is 0 Å². The van der Waals surface area contributed by atoms with E-state index in [1.165, 1.54) is 0 Å². The third-order valence-electron chi connectivity index (χ3n) is 2.73. The third kappa shape index (κ3) is 4.81. The van der Waals surface area contributed by atoms with Crippen LogP contribution in [0.5, 0.6) is 0 Å². The van der Waals surface area contributed by atoms with Crippen LogP contribution in [0, 0.1) is 0 Å². The van der Waals surface area contributed by atoms with Gasteiger partial charge in [-0.15, -0.1) is 0 Å². The Balaban J connectivity index is 2.36. The maximum atomic E-state index is 11.6. The van der Waals surface area contributed by atoms with Crippen LogP contribution in [-0.2, 0) is 14.2 Å². The Morgan fingerprint density at radius 1 is 1.11 bits per heavy atom. The maximum absolute atomic E-state index is 11.6. The molecule has 1 amide bonds. The first-order valence-electron chi connectivity index (χ1n) is 6.42. The normalized spacial score (nSPS) is 19.9. The molecule has 0 N–H and O–H groups in total. The van der Waals surface area contributed by atoms with Gasteiger partial charge in [-0.25, -0.2) is 9.59 Å². The molecule has 0 bridgehead atoms. The van der Waals surface area contributed by atoms with Crippen LogP contribution in [0.25, 0.3) is 0 Å². The summed E-state index contributed by atoms with van der Waals surface area (Å²) >= 11 is 0. The molecule has 6 nitrogen and oxygen atoms in total. The van der Waals surface area contributed by atoms with Crippen molar-refractivity contribution in [3.8, 4) is 0 Å². The highest BCUT2D eigenvalue weighted by Gasteiger charge is 2.23. The Hall–Kier alpha value is -1.46. The van der Waals surface area contributed by atoms with Crippen LogP contribution in [0.2, 0.25) is 0 Å². The van der Waals surface area contributed by atoms with Crippen LogP contribution in [0.15, 0.2) is 0 Å². The maximum Gasteiger partial charge on any atom is 0.508 e. The summed E-state index contributed by atoms with van der Waals surface area (Å²) in [5, 5.41) is 0. The van der Waals surface area contributed by atoms with E-state index in [9.17, 15) is 9.59 Å². The van der Waals surface area contributed by atoms with E-state index in [4.69, 9.17) is 14.2 Å². The molecule has 0 radical (unpaired) electrons. The van der Waals surface area contributed by atoms with E-state index in [-0.39, 0.29) is 12.2 Å². The molecular weight excluding hydrogens is 238 g/mol. The Kier molecular flexibility index (Phi) is 6.32. The molecule has 18 heavy (non-hydrogen) atoms. The standard InChI is InChI=1S/C12H21NO5/c1-3-16-11(14)13-8-5-6-10(7-9-13)18-12(15)17-4-2/h10H,3-9H2,1-2H3. The molecule has 1 fully saturated rings. The molecule has 1 rings (SSSR count). The van der Waals surface area contributed by atoms with Gasteiger partial charge in [0.05, 0.1) is 13.2 Å². The van der Waals surface area contributed by atoms with Crippen molar-refractivity contribution in [2.45, 2.75) is 39.2 Å². The van der Waals surface area contributed by atoms with Gasteiger partial charge in [0.1, 0.15) is 6.10 Å². The second-order valence-electron chi connectivity index (χ2n) is 4.04. The van der Waals surface area contributed by atoms with Gasteiger partial charge in [-0.3, -0.25) is 0 Å². The molecule has 0 saturated carbocycles. The smallest absolute Gasteiger partial charge is 0.450 e. The molecule has 6 heteroatoms. The van der Waals surface area contributed by atoms with Crippen molar-refractivity contribution in [2.75, 3.05) is 26.3 Å². The molecule has 1 aliphatic heterocycles. The summed E-state index contributed by atoms with van der Waals surface area (Å²) < 4.78 is 14.8. The fraction of sp³-hybridized carbons (Fsp3) is 0.833. The Labute approximate surface area is 107 Å². The van der Waals surface area contributed by atoms with Crippen molar-refractivity contribution in [1.82, 2.24) is 4.90 Å². The molecule has 1 atom stereocenters. The van der Waals surface area contributed by atoms with Crippen molar-refractivity contribution in [3.63, 3.8) is 0 Å². The van der Waals surface area contributed by atoms with Crippen molar-refractivity contribution in [3.05, 3.63) is 0 Å². The van der Waals surface area contributed by atoms with Crippen molar-refractivity contribution in [2.24, 2.45) is 0 Å². The summed E-state index contributed by atoms with van der Waals surface area (Å²) in [5.41, 5.74) is 0. The van der Waals surface area contributed by atoms with Crippen LogP contribution in [0.4, 0.5) is 9.59 Å². The van der Waals surface area contributed by atoms with E-state index in [1.54, 1.807) is 18.7 Å². The minimum absolute atomic E-state index is 0.177. The first-order valence-corrected chi connectivity index (χ1v) is 6.42. The van der Waals surface area contributed by atoms with Gasteiger partial charge in [0.2, 0.25) is 0 Å². The molecule has 0 spiro atoms. The first-order chi connectivity index (χ1) is 8.67. The van der Waals surface area contributed by atoms with Crippen LogP contribution in [-0.4, -0.2) is 49.6 Å². The fourth-order valence-corrected chi connectivity index (χ4v) is 1.87. The molecule has 104 valence electrons. The van der Waals surface area contributed by atoms with Crippen LogP contribution in [0.1, 0.15) is 33.1 Å². The minimum atomic E-state index is -0.632. The van der Waals surface area contributed by atoms with Gasteiger partial charge in [0.25, 0.3) is 0 Å². The second-order valence-corrected chi connectivity index (χ2v) is 4.04. The number of hydrogen-bond acceptors (Lipinski definition) is 5. The zero-order valence-corrected chi connectivity index (χ0v) is 11.0. The van der Waals surface area contributed by atoms with Gasteiger partial charge < -0.3 is 19.1 Å². The highest BCUT2D eigenvalue weighted by Crippen LogP contribution is 2.15. The van der Waals surface area contributed by atoms with E-state index >= 15 is 0 Å². The minimum Gasteiger partial charge on any atom is -0.450 e. The summed E-state index contributed by atoms with van der Waals surface area (Å²) in [4.78, 5) is 24.4. The second kappa shape index (κ2) is 7.79. The van der Waals surface area contributed by atoms with E-state index in [2.05, 4.69) is 0 Å². The lowest BCUT2D eigenvalue weighted by Gasteiger charge is -2.19. The highest BCUT2D eigenvalue weighted by molar-refractivity contribution is 5.67. The average Bonchev–Trinajstić information content (AvgIpc) is 2.55. The first kappa shape index (κ1) is 14.6. The third-order valence-corrected chi connectivity index (χ3v) is 2.73. The zero-order chi connectivity index (χ0) is 13.4. The van der Waals surface area contributed by atoms with Crippen LogP contribution < -0.4 is 0 Å². The van der Waals surface area contributed by atoms with Gasteiger partial charge in [-0.05, 0) is 26.7 Å². The number of ether oxygens (including phenoxy) is 3. The topological polar surface area (TPSA) is 65.1 Å². The predicted octanol–water partition coefficient (Wildman–Crippen LogP) is 2.17. The number of hydrogen-bond donors (Lipinski definition) is 0. The number of likely N-dealkylation sites (tertiary alicyclic amines) is 1. The summed E-state index contributed by atoms with van der Waals surface area (Å²) in [7, 11) is 0. The molecule has 1 saturated heterocycles. The van der Waals surface area contributed by atoms with Crippen LogP contribution >= 0.6 is 0 Å². The summed E-state index contributed by atoms with van der Waals surface area (Å²) in [5.74, 6) is 0. The Morgan fingerprint density at radius 2 is 1.83 bits per heavy atom. The van der Waals surface area contributed by atoms with E-state index in [1.807, 2.05) is 0 Å². The SMILES string of the molecule is CCOC(=O)OC1CCCN(C(=O)OCC)CC1.